The van der Waals surface area contributed by atoms with Gasteiger partial charge in [0.05, 0.1) is 6.54 Å². The third kappa shape index (κ3) is 4.20. The molecule has 6 heteroatoms. The Morgan fingerprint density at radius 2 is 2.06 bits per heavy atom. The first-order valence-corrected chi connectivity index (χ1v) is 5.08. The van der Waals surface area contributed by atoms with E-state index in [0.717, 1.165) is 0 Å². The first-order chi connectivity index (χ1) is 8.00. The molecule has 0 aromatic heterocycles. The van der Waals surface area contributed by atoms with Gasteiger partial charge in [-0.05, 0) is 13.0 Å². The Labute approximate surface area is 98.2 Å². The van der Waals surface area contributed by atoms with Gasteiger partial charge in [0, 0.05) is 11.6 Å². The molecule has 0 aliphatic carbocycles. The third-order valence-electron chi connectivity index (χ3n) is 2.20. The highest BCUT2D eigenvalue weighted by atomic mass is 19.1. The van der Waals surface area contributed by atoms with Gasteiger partial charge in [0.15, 0.2) is 0 Å². The second-order valence-electron chi connectivity index (χ2n) is 3.54. The molecule has 0 bridgehead atoms. The molecular formula is C11H14FN3O2. The number of hydrogen-bond acceptors (Lipinski definition) is 3. The minimum atomic E-state index is -0.907. The topological polar surface area (TPSA) is 84.2 Å². The molecule has 0 aliphatic heterocycles. The molecule has 1 unspecified atom stereocenters. The smallest absolute Gasteiger partial charge is 0.318 e. The van der Waals surface area contributed by atoms with Crippen LogP contribution in [0.2, 0.25) is 0 Å². The number of urea groups is 1. The van der Waals surface area contributed by atoms with Crippen LogP contribution in [0.3, 0.4) is 0 Å². The van der Waals surface area contributed by atoms with E-state index in [1.165, 1.54) is 6.07 Å². The summed E-state index contributed by atoms with van der Waals surface area (Å²) < 4.78 is 13.4. The summed E-state index contributed by atoms with van der Waals surface area (Å²) in [6.07, 6.45) is 0. The Bertz CT molecular complexity index is 423. The zero-order valence-electron chi connectivity index (χ0n) is 9.37. The summed E-state index contributed by atoms with van der Waals surface area (Å²) in [6.45, 7) is 1.61. The number of primary amides is 1. The van der Waals surface area contributed by atoms with Crippen LogP contribution in [-0.4, -0.2) is 18.5 Å². The molecule has 0 aliphatic rings. The molecule has 1 atom stereocenters. The van der Waals surface area contributed by atoms with Crippen LogP contribution in [0.4, 0.5) is 9.18 Å². The molecule has 0 saturated carbocycles. The molecule has 3 amide bonds. The van der Waals surface area contributed by atoms with E-state index in [1.54, 1.807) is 25.1 Å². The van der Waals surface area contributed by atoms with Gasteiger partial charge in [-0.2, -0.15) is 0 Å². The lowest BCUT2D eigenvalue weighted by atomic mass is 10.1. The summed E-state index contributed by atoms with van der Waals surface area (Å²) in [5, 5.41) is 4.69. The Kier molecular flexibility index (Phi) is 4.59. The van der Waals surface area contributed by atoms with E-state index < -0.39 is 11.9 Å². The summed E-state index contributed by atoms with van der Waals surface area (Å²) >= 11 is 0. The minimum Gasteiger partial charge on any atom is -0.351 e. The molecule has 92 valence electrons. The van der Waals surface area contributed by atoms with Crippen molar-refractivity contribution in [2.75, 3.05) is 6.54 Å². The fourth-order valence-corrected chi connectivity index (χ4v) is 1.36. The summed E-state index contributed by atoms with van der Waals surface area (Å²) in [5.74, 6) is -0.900. The van der Waals surface area contributed by atoms with E-state index in [1.807, 2.05) is 5.32 Å². The second kappa shape index (κ2) is 5.95. The molecule has 0 spiro atoms. The molecular weight excluding hydrogens is 225 g/mol. The molecule has 17 heavy (non-hydrogen) atoms. The largest absolute Gasteiger partial charge is 0.351 e. The van der Waals surface area contributed by atoms with Crippen LogP contribution in [0, 0.1) is 5.82 Å². The van der Waals surface area contributed by atoms with Gasteiger partial charge in [0.1, 0.15) is 5.82 Å². The number of halogens is 1. The molecule has 0 heterocycles. The maximum Gasteiger partial charge on any atom is 0.318 e. The van der Waals surface area contributed by atoms with Crippen LogP contribution in [0.5, 0.6) is 0 Å². The summed E-state index contributed by atoms with van der Waals surface area (Å²) in [6, 6.07) is 5.02. The Hall–Kier alpha value is -1.95. The van der Waals surface area contributed by atoms with E-state index in [0.29, 0.717) is 5.56 Å². The van der Waals surface area contributed by atoms with Gasteiger partial charge in [-0.1, -0.05) is 18.2 Å². The van der Waals surface area contributed by atoms with Gasteiger partial charge in [0.2, 0.25) is 5.91 Å². The number of benzene rings is 1. The van der Waals surface area contributed by atoms with Gasteiger partial charge in [-0.15, -0.1) is 0 Å². The van der Waals surface area contributed by atoms with Crippen LogP contribution in [0.1, 0.15) is 18.5 Å². The molecule has 4 N–H and O–H groups in total. The predicted octanol–water partition coefficient (Wildman–Crippen LogP) is 0.671. The summed E-state index contributed by atoms with van der Waals surface area (Å²) in [5.41, 5.74) is 5.23. The molecule has 0 saturated heterocycles. The predicted molar refractivity (Wildman–Crippen MR) is 60.5 cm³/mol. The van der Waals surface area contributed by atoms with Crippen LogP contribution >= 0.6 is 0 Å². The van der Waals surface area contributed by atoms with E-state index in [9.17, 15) is 14.0 Å². The van der Waals surface area contributed by atoms with Crippen molar-refractivity contribution in [3.63, 3.8) is 0 Å². The summed E-state index contributed by atoms with van der Waals surface area (Å²) in [7, 11) is 0. The number of nitrogens with two attached hydrogens (primary N) is 1. The standard InChI is InChI=1S/C11H14FN3O2/c1-7(8-4-2-3-5-9(8)12)14-6-10(16)15-11(13)17/h2-5,7,14H,6H2,1H3,(H3,13,15,16,17). The Morgan fingerprint density at radius 1 is 1.41 bits per heavy atom. The van der Waals surface area contributed by atoms with E-state index >= 15 is 0 Å². The monoisotopic (exact) mass is 239 g/mol. The fourth-order valence-electron chi connectivity index (χ4n) is 1.36. The summed E-state index contributed by atoms with van der Waals surface area (Å²) in [4.78, 5) is 21.5. The zero-order valence-corrected chi connectivity index (χ0v) is 9.37. The van der Waals surface area contributed by atoms with Gasteiger partial charge in [-0.3, -0.25) is 10.1 Å². The fraction of sp³-hybridized carbons (Fsp3) is 0.273. The number of carbonyl (C=O) groups is 2. The lowest BCUT2D eigenvalue weighted by molar-refractivity contribution is -0.119. The first-order valence-electron chi connectivity index (χ1n) is 5.08. The number of imide groups is 1. The molecule has 0 fully saturated rings. The molecule has 0 radical (unpaired) electrons. The molecule has 1 rings (SSSR count). The average molecular weight is 239 g/mol. The molecule has 1 aromatic rings. The SMILES string of the molecule is CC(NCC(=O)NC(N)=O)c1ccccc1F. The van der Waals surface area contributed by atoms with Gasteiger partial charge >= 0.3 is 6.03 Å². The number of hydrogen-bond donors (Lipinski definition) is 3. The quantitative estimate of drug-likeness (QED) is 0.722. The highest BCUT2D eigenvalue weighted by molar-refractivity contribution is 5.94. The van der Waals surface area contributed by atoms with Crippen LogP contribution in [-0.2, 0) is 4.79 Å². The van der Waals surface area contributed by atoms with Crippen molar-refractivity contribution in [1.82, 2.24) is 10.6 Å². The third-order valence-corrected chi connectivity index (χ3v) is 2.20. The average Bonchev–Trinajstić information content (AvgIpc) is 2.25. The van der Waals surface area contributed by atoms with Crippen molar-refractivity contribution in [1.29, 1.82) is 0 Å². The number of nitrogens with one attached hydrogen (secondary N) is 2. The maximum absolute atomic E-state index is 13.4. The van der Waals surface area contributed by atoms with Crippen LogP contribution in [0.15, 0.2) is 24.3 Å². The van der Waals surface area contributed by atoms with Gasteiger partial charge in [0.25, 0.3) is 0 Å². The van der Waals surface area contributed by atoms with Crippen molar-refractivity contribution in [2.45, 2.75) is 13.0 Å². The molecule has 5 nitrogen and oxygen atoms in total. The van der Waals surface area contributed by atoms with Crippen molar-refractivity contribution in [3.8, 4) is 0 Å². The zero-order chi connectivity index (χ0) is 12.8. The van der Waals surface area contributed by atoms with Crippen molar-refractivity contribution < 1.29 is 14.0 Å². The maximum atomic E-state index is 13.4. The lowest BCUT2D eigenvalue weighted by Crippen LogP contribution is -2.41. The van der Waals surface area contributed by atoms with Crippen LogP contribution < -0.4 is 16.4 Å². The van der Waals surface area contributed by atoms with E-state index in [-0.39, 0.29) is 18.4 Å². The van der Waals surface area contributed by atoms with Gasteiger partial charge < -0.3 is 11.1 Å². The number of amides is 3. The van der Waals surface area contributed by atoms with Crippen molar-refractivity contribution >= 4 is 11.9 Å². The number of carbonyl (C=O) groups excluding carboxylic acids is 2. The highest BCUT2D eigenvalue weighted by Crippen LogP contribution is 2.15. The minimum absolute atomic E-state index is 0.113. The van der Waals surface area contributed by atoms with Gasteiger partial charge in [-0.25, -0.2) is 9.18 Å². The van der Waals surface area contributed by atoms with E-state index in [2.05, 4.69) is 5.32 Å². The van der Waals surface area contributed by atoms with E-state index in [4.69, 9.17) is 5.73 Å². The number of rotatable bonds is 4. The Morgan fingerprint density at radius 3 is 2.65 bits per heavy atom. The van der Waals surface area contributed by atoms with Crippen molar-refractivity contribution in [3.05, 3.63) is 35.6 Å². The molecule has 1 aromatic carbocycles. The lowest BCUT2D eigenvalue weighted by Gasteiger charge is -2.14. The second-order valence-corrected chi connectivity index (χ2v) is 3.54. The normalized spacial score (nSPS) is 11.9. The Balaban J connectivity index is 2.50. The van der Waals surface area contributed by atoms with Crippen molar-refractivity contribution in [2.24, 2.45) is 5.73 Å². The first kappa shape index (κ1) is 13.1. The highest BCUT2D eigenvalue weighted by Gasteiger charge is 2.11. The van der Waals surface area contributed by atoms with Crippen LogP contribution in [0.25, 0.3) is 0 Å².